The average Bonchev–Trinajstić information content (AvgIpc) is 2.72. The molecule has 2 amide bonds. The number of β-amino-alcohol motifs (C(OH)–C–C–N with tert-alkyl or cyclic N) is 1. The van der Waals surface area contributed by atoms with Crippen molar-refractivity contribution in [1.29, 1.82) is 0 Å². The molecule has 0 spiro atoms. The van der Waals surface area contributed by atoms with E-state index < -0.39 is 12.4 Å². The zero-order valence-corrected chi connectivity index (χ0v) is 11.0. The van der Waals surface area contributed by atoms with E-state index in [1.807, 2.05) is 0 Å². The lowest BCUT2D eigenvalue weighted by Crippen LogP contribution is -2.44. The number of nitrogens with one attached hydrogen (secondary N) is 1. The fraction of sp³-hybridized carbons (Fsp3) is 0.462. The third kappa shape index (κ3) is 2.99. The number of rotatable bonds is 1. The molecule has 0 saturated carbocycles. The number of carbonyl (C=O) groups is 1. The summed E-state index contributed by atoms with van der Waals surface area (Å²) in [5, 5.41) is 12.1. The van der Waals surface area contributed by atoms with Gasteiger partial charge in [0.1, 0.15) is 0 Å². The van der Waals surface area contributed by atoms with Crippen LogP contribution in [0.1, 0.15) is 12.8 Å². The summed E-state index contributed by atoms with van der Waals surface area (Å²) < 4.78 is 34.4. The Hall–Kier alpha value is -2.09. The number of benzene rings is 1. The first-order valence-corrected chi connectivity index (χ1v) is 6.57. The minimum absolute atomic E-state index is 0.0774. The van der Waals surface area contributed by atoms with Crippen LogP contribution in [0.15, 0.2) is 18.2 Å². The van der Waals surface area contributed by atoms with Crippen molar-refractivity contribution in [3.63, 3.8) is 0 Å². The Labute approximate surface area is 119 Å². The summed E-state index contributed by atoms with van der Waals surface area (Å²) in [5.41, 5.74) is 0.320. The molecule has 2 heterocycles. The molecular weight excluding hydrogens is 286 g/mol. The molecule has 2 N–H and O–H groups in total. The molecule has 2 aliphatic heterocycles. The number of nitrogens with zero attached hydrogens (tertiary/aromatic N) is 1. The van der Waals surface area contributed by atoms with E-state index in [9.17, 15) is 18.7 Å². The first-order chi connectivity index (χ1) is 9.93. The summed E-state index contributed by atoms with van der Waals surface area (Å²) in [7, 11) is 0. The Kier molecular flexibility index (Phi) is 3.32. The number of anilines is 1. The summed E-state index contributed by atoms with van der Waals surface area (Å²) in [6.07, 6.45) is -2.81. The van der Waals surface area contributed by atoms with Gasteiger partial charge in [-0.3, -0.25) is 0 Å². The first kappa shape index (κ1) is 13.9. The van der Waals surface area contributed by atoms with E-state index in [-0.39, 0.29) is 24.1 Å². The van der Waals surface area contributed by atoms with E-state index >= 15 is 0 Å². The maximum absolute atomic E-state index is 12.9. The Balaban J connectivity index is 1.67. The van der Waals surface area contributed by atoms with Gasteiger partial charge in [-0.05, 0) is 25.0 Å². The van der Waals surface area contributed by atoms with Crippen molar-refractivity contribution in [1.82, 2.24) is 4.90 Å². The third-order valence-corrected chi connectivity index (χ3v) is 3.34. The number of amides is 2. The molecule has 0 radical (unpaired) electrons. The topological polar surface area (TPSA) is 71.0 Å². The van der Waals surface area contributed by atoms with E-state index in [0.29, 0.717) is 18.7 Å². The van der Waals surface area contributed by atoms with Crippen LogP contribution in [0.3, 0.4) is 0 Å². The van der Waals surface area contributed by atoms with Gasteiger partial charge < -0.3 is 24.8 Å². The normalized spacial score (nSPS) is 23.0. The number of aliphatic hydroxyl groups is 1. The molecule has 1 atom stereocenters. The number of urea groups is 1. The highest BCUT2D eigenvalue weighted by Gasteiger charge is 2.43. The quantitative estimate of drug-likeness (QED) is 0.832. The van der Waals surface area contributed by atoms with Crippen molar-refractivity contribution in [3.8, 4) is 11.5 Å². The van der Waals surface area contributed by atoms with Crippen molar-refractivity contribution in [2.75, 3.05) is 18.4 Å². The van der Waals surface area contributed by atoms with Gasteiger partial charge in [-0.15, -0.1) is 8.78 Å². The number of halogens is 2. The molecular formula is C13H14F2N2O4. The van der Waals surface area contributed by atoms with Gasteiger partial charge in [0.25, 0.3) is 0 Å². The minimum atomic E-state index is -3.68. The second-order valence-corrected chi connectivity index (χ2v) is 5.00. The molecule has 114 valence electrons. The van der Waals surface area contributed by atoms with Crippen molar-refractivity contribution in [2.24, 2.45) is 0 Å². The Bertz CT molecular complexity index is 567. The van der Waals surface area contributed by atoms with Gasteiger partial charge in [0.05, 0.1) is 6.10 Å². The largest absolute Gasteiger partial charge is 0.586 e. The van der Waals surface area contributed by atoms with Crippen LogP contribution in [-0.4, -0.2) is 41.5 Å². The predicted octanol–water partition coefficient (Wildman–Crippen LogP) is 2.00. The number of hydrogen-bond donors (Lipinski definition) is 2. The molecule has 0 aliphatic carbocycles. The van der Waals surface area contributed by atoms with E-state index in [0.717, 1.165) is 6.42 Å². The lowest BCUT2D eigenvalue weighted by molar-refractivity contribution is -0.286. The van der Waals surface area contributed by atoms with Crippen LogP contribution in [0.5, 0.6) is 11.5 Å². The Morgan fingerprint density at radius 3 is 2.90 bits per heavy atom. The zero-order valence-electron chi connectivity index (χ0n) is 11.0. The van der Waals surface area contributed by atoms with Crippen molar-refractivity contribution < 1.29 is 28.2 Å². The number of hydrogen-bond acceptors (Lipinski definition) is 4. The monoisotopic (exact) mass is 300 g/mol. The van der Waals surface area contributed by atoms with E-state index in [1.54, 1.807) is 0 Å². The highest BCUT2D eigenvalue weighted by Crippen LogP contribution is 2.42. The van der Waals surface area contributed by atoms with Crippen molar-refractivity contribution >= 4 is 11.7 Å². The van der Waals surface area contributed by atoms with Crippen LogP contribution in [-0.2, 0) is 0 Å². The Morgan fingerprint density at radius 2 is 2.14 bits per heavy atom. The predicted molar refractivity (Wildman–Crippen MR) is 68.5 cm³/mol. The van der Waals surface area contributed by atoms with Crippen LogP contribution >= 0.6 is 0 Å². The fourth-order valence-corrected chi connectivity index (χ4v) is 2.37. The van der Waals surface area contributed by atoms with Gasteiger partial charge >= 0.3 is 12.3 Å². The molecule has 2 aliphatic rings. The molecule has 21 heavy (non-hydrogen) atoms. The van der Waals surface area contributed by atoms with Crippen molar-refractivity contribution in [3.05, 3.63) is 18.2 Å². The van der Waals surface area contributed by atoms with Crippen LogP contribution < -0.4 is 14.8 Å². The van der Waals surface area contributed by atoms with Gasteiger partial charge in [0.15, 0.2) is 11.5 Å². The molecule has 1 saturated heterocycles. The second-order valence-electron chi connectivity index (χ2n) is 5.00. The number of carbonyl (C=O) groups excluding carboxylic acids is 1. The highest BCUT2D eigenvalue weighted by molar-refractivity contribution is 5.89. The van der Waals surface area contributed by atoms with Gasteiger partial charge in [-0.2, -0.15) is 0 Å². The van der Waals surface area contributed by atoms with E-state index in [2.05, 4.69) is 14.8 Å². The maximum Gasteiger partial charge on any atom is 0.586 e. The SMILES string of the molecule is O=C(Nc1ccc2c(c1)OC(F)(F)O2)N1CCC[C@H](O)C1. The van der Waals surface area contributed by atoms with Gasteiger partial charge in [-0.25, -0.2) is 4.79 Å². The summed E-state index contributed by atoms with van der Waals surface area (Å²) in [4.78, 5) is 13.5. The second kappa shape index (κ2) is 5.03. The number of alkyl halides is 2. The third-order valence-electron chi connectivity index (χ3n) is 3.34. The number of likely N-dealkylation sites (tertiary alicyclic amines) is 1. The summed E-state index contributed by atoms with van der Waals surface area (Å²) in [6, 6.07) is 3.63. The van der Waals surface area contributed by atoms with Crippen molar-refractivity contribution in [2.45, 2.75) is 25.2 Å². The summed E-state index contributed by atoms with van der Waals surface area (Å²) in [6.45, 7) is 0.806. The fourth-order valence-electron chi connectivity index (χ4n) is 2.37. The maximum atomic E-state index is 12.9. The highest BCUT2D eigenvalue weighted by atomic mass is 19.3. The molecule has 0 aromatic heterocycles. The molecule has 1 aromatic rings. The molecule has 8 heteroatoms. The minimum Gasteiger partial charge on any atom is -0.395 e. The van der Waals surface area contributed by atoms with Gasteiger partial charge in [0, 0.05) is 24.8 Å². The summed E-state index contributed by atoms with van der Waals surface area (Å²) >= 11 is 0. The van der Waals surface area contributed by atoms with Crippen LogP contribution in [0.4, 0.5) is 19.3 Å². The Morgan fingerprint density at radius 1 is 1.38 bits per heavy atom. The molecule has 6 nitrogen and oxygen atoms in total. The number of piperidine rings is 1. The lowest BCUT2D eigenvalue weighted by atomic mass is 10.1. The standard InChI is InChI=1S/C13H14F2N2O4/c14-13(15)20-10-4-3-8(6-11(10)21-13)16-12(19)17-5-1-2-9(18)7-17/h3-4,6,9,18H,1-2,5,7H2,(H,16,19)/t9-/m0/s1. The van der Waals surface area contributed by atoms with Gasteiger partial charge in [-0.1, -0.05) is 0 Å². The van der Waals surface area contributed by atoms with E-state index in [4.69, 9.17) is 0 Å². The molecule has 0 unspecified atom stereocenters. The van der Waals surface area contributed by atoms with Crippen LogP contribution in [0.2, 0.25) is 0 Å². The lowest BCUT2D eigenvalue weighted by Gasteiger charge is -2.30. The van der Waals surface area contributed by atoms with Crippen LogP contribution in [0.25, 0.3) is 0 Å². The number of ether oxygens (including phenoxy) is 2. The smallest absolute Gasteiger partial charge is 0.395 e. The van der Waals surface area contributed by atoms with Crippen LogP contribution in [0, 0.1) is 0 Å². The van der Waals surface area contributed by atoms with Gasteiger partial charge in [0.2, 0.25) is 0 Å². The molecule has 1 fully saturated rings. The molecule has 3 rings (SSSR count). The first-order valence-electron chi connectivity index (χ1n) is 6.57. The molecule has 1 aromatic carbocycles. The van der Waals surface area contributed by atoms with E-state index in [1.165, 1.54) is 23.1 Å². The summed E-state index contributed by atoms with van der Waals surface area (Å²) in [5.74, 6) is -0.206. The molecule has 0 bridgehead atoms. The number of fused-ring (bicyclic) bond motifs is 1. The average molecular weight is 300 g/mol. The number of aliphatic hydroxyl groups excluding tert-OH is 1. The zero-order chi connectivity index (χ0) is 15.0.